The molecule has 130 valence electrons. The van der Waals surface area contributed by atoms with Crippen LogP contribution < -0.4 is 14.9 Å². The number of carbonyl (C=O) groups excluding carboxylic acids is 1. The van der Waals surface area contributed by atoms with Crippen LogP contribution in [0.25, 0.3) is 10.8 Å². The first kappa shape index (κ1) is 16.0. The average Bonchev–Trinajstić information content (AvgIpc) is 2.69. The summed E-state index contributed by atoms with van der Waals surface area (Å²) in [5.41, 5.74) is 2.97. The minimum atomic E-state index is -0.789. The van der Waals surface area contributed by atoms with Crippen LogP contribution in [-0.2, 0) is 4.79 Å². The van der Waals surface area contributed by atoms with Crippen LogP contribution in [-0.4, -0.2) is 29.9 Å². The fourth-order valence-corrected chi connectivity index (χ4v) is 2.80. The molecule has 0 aromatic heterocycles. The van der Waals surface area contributed by atoms with E-state index in [9.17, 15) is 9.90 Å². The van der Waals surface area contributed by atoms with E-state index in [4.69, 9.17) is 9.47 Å². The molecule has 3 aromatic carbocycles. The van der Waals surface area contributed by atoms with Gasteiger partial charge in [0.1, 0.15) is 12.4 Å². The quantitative estimate of drug-likeness (QED) is 0.563. The fourth-order valence-electron chi connectivity index (χ4n) is 2.80. The molecule has 0 saturated heterocycles. The van der Waals surface area contributed by atoms with E-state index < -0.39 is 12.0 Å². The van der Waals surface area contributed by atoms with Crippen LogP contribution in [0.1, 0.15) is 5.56 Å². The molecular formula is C20H16N2O4. The third kappa shape index (κ3) is 3.04. The van der Waals surface area contributed by atoms with Crippen LogP contribution in [0.2, 0.25) is 0 Å². The number of phenolic OH excluding ortho intramolecular Hbond substituents is 1. The summed E-state index contributed by atoms with van der Waals surface area (Å²) < 4.78 is 11.2. The molecule has 1 aliphatic rings. The van der Waals surface area contributed by atoms with Crippen molar-refractivity contribution in [3.05, 3.63) is 66.2 Å². The SMILES string of the molecule is O=C(N/N=C/c1c(O)ccc2ccccc12)[C@H]1COc2ccccc2O1. The van der Waals surface area contributed by atoms with E-state index in [1.165, 1.54) is 6.21 Å². The molecule has 0 aliphatic carbocycles. The zero-order valence-corrected chi connectivity index (χ0v) is 13.8. The van der Waals surface area contributed by atoms with E-state index in [0.717, 1.165) is 10.8 Å². The Labute approximate surface area is 149 Å². The van der Waals surface area contributed by atoms with Gasteiger partial charge < -0.3 is 14.6 Å². The first-order valence-electron chi connectivity index (χ1n) is 8.14. The Morgan fingerprint density at radius 1 is 1.08 bits per heavy atom. The summed E-state index contributed by atoms with van der Waals surface area (Å²) in [5, 5.41) is 15.9. The normalized spacial score (nSPS) is 15.9. The van der Waals surface area contributed by atoms with Gasteiger partial charge in [0.05, 0.1) is 6.21 Å². The molecule has 1 amide bonds. The minimum absolute atomic E-state index is 0.0906. The topological polar surface area (TPSA) is 80.2 Å². The maximum atomic E-state index is 12.3. The predicted molar refractivity (Wildman–Crippen MR) is 97.7 cm³/mol. The maximum absolute atomic E-state index is 12.3. The molecule has 6 heteroatoms. The Morgan fingerprint density at radius 3 is 2.73 bits per heavy atom. The largest absolute Gasteiger partial charge is 0.507 e. The summed E-state index contributed by atoms with van der Waals surface area (Å²) in [6.45, 7) is 0.109. The smallest absolute Gasteiger partial charge is 0.284 e. The van der Waals surface area contributed by atoms with E-state index in [1.807, 2.05) is 42.5 Å². The molecule has 1 atom stereocenters. The van der Waals surface area contributed by atoms with E-state index in [0.29, 0.717) is 17.1 Å². The fraction of sp³-hybridized carbons (Fsp3) is 0.100. The van der Waals surface area contributed by atoms with Gasteiger partial charge in [-0.3, -0.25) is 4.79 Å². The number of ether oxygens (including phenoxy) is 2. The Balaban J connectivity index is 1.48. The molecule has 0 fully saturated rings. The molecule has 0 bridgehead atoms. The highest BCUT2D eigenvalue weighted by molar-refractivity contribution is 6.02. The third-order valence-electron chi connectivity index (χ3n) is 4.12. The number of benzene rings is 3. The second-order valence-electron chi connectivity index (χ2n) is 5.82. The number of aromatic hydroxyl groups is 1. The lowest BCUT2D eigenvalue weighted by atomic mass is 10.0. The van der Waals surface area contributed by atoms with Crippen molar-refractivity contribution in [3.8, 4) is 17.2 Å². The second-order valence-corrected chi connectivity index (χ2v) is 5.82. The summed E-state index contributed by atoms with van der Waals surface area (Å²) in [7, 11) is 0. The summed E-state index contributed by atoms with van der Waals surface area (Å²) in [4.78, 5) is 12.3. The van der Waals surface area contributed by atoms with E-state index >= 15 is 0 Å². The number of para-hydroxylation sites is 2. The molecule has 1 aliphatic heterocycles. The van der Waals surface area contributed by atoms with Crippen LogP contribution in [0.5, 0.6) is 17.2 Å². The van der Waals surface area contributed by atoms with Crippen molar-refractivity contribution in [3.63, 3.8) is 0 Å². The minimum Gasteiger partial charge on any atom is -0.507 e. The number of hydrogen-bond acceptors (Lipinski definition) is 5. The van der Waals surface area contributed by atoms with Crippen LogP contribution in [0, 0.1) is 0 Å². The Morgan fingerprint density at radius 2 is 1.85 bits per heavy atom. The lowest BCUT2D eigenvalue weighted by Crippen LogP contribution is -2.42. The first-order valence-corrected chi connectivity index (χ1v) is 8.14. The van der Waals surface area contributed by atoms with Crippen molar-refractivity contribution < 1.29 is 19.4 Å². The summed E-state index contributed by atoms with van der Waals surface area (Å²) in [6, 6.07) is 18.2. The third-order valence-corrected chi connectivity index (χ3v) is 4.12. The van der Waals surface area contributed by atoms with E-state index in [1.54, 1.807) is 18.2 Å². The van der Waals surface area contributed by atoms with Crippen molar-refractivity contribution >= 4 is 22.9 Å². The highest BCUT2D eigenvalue weighted by Crippen LogP contribution is 2.31. The first-order chi connectivity index (χ1) is 12.7. The van der Waals surface area contributed by atoms with Crippen molar-refractivity contribution in [2.45, 2.75) is 6.10 Å². The summed E-state index contributed by atoms with van der Waals surface area (Å²) >= 11 is 0. The summed E-state index contributed by atoms with van der Waals surface area (Å²) in [6.07, 6.45) is 0.635. The van der Waals surface area contributed by atoms with Crippen LogP contribution in [0.15, 0.2) is 65.8 Å². The van der Waals surface area contributed by atoms with Gasteiger partial charge in [0, 0.05) is 5.56 Å². The van der Waals surface area contributed by atoms with Crippen molar-refractivity contribution in [1.82, 2.24) is 5.43 Å². The number of nitrogens with one attached hydrogen (secondary N) is 1. The lowest BCUT2D eigenvalue weighted by molar-refractivity contribution is -0.130. The average molecular weight is 348 g/mol. The monoisotopic (exact) mass is 348 g/mol. The zero-order valence-electron chi connectivity index (χ0n) is 13.8. The molecule has 4 rings (SSSR count). The number of hydrogen-bond donors (Lipinski definition) is 2. The van der Waals surface area contributed by atoms with Crippen LogP contribution >= 0.6 is 0 Å². The van der Waals surface area contributed by atoms with Gasteiger partial charge in [-0.25, -0.2) is 5.43 Å². The van der Waals surface area contributed by atoms with E-state index in [2.05, 4.69) is 10.5 Å². The highest BCUT2D eigenvalue weighted by atomic mass is 16.6. The number of fused-ring (bicyclic) bond motifs is 2. The molecule has 6 nitrogen and oxygen atoms in total. The predicted octanol–water partition coefficient (Wildman–Crippen LogP) is 2.84. The van der Waals surface area contributed by atoms with Crippen molar-refractivity contribution in [2.75, 3.05) is 6.61 Å². The van der Waals surface area contributed by atoms with Crippen LogP contribution in [0.4, 0.5) is 0 Å². The number of amides is 1. The molecule has 1 heterocycles. The second kappa shape index (κ2) is 6.76. The Hall–Kier alpha value is -3.54. The maximum Gasteiger partial charge on any atom is 0.284 e. The molecular weight excluding hydrogens is 332 g/mol. The van der Waals surface area contributed by atoms with Crippen molar-refractivity contribution in [2.24, 2.45) is 5.10 Å². The highest BCUT2D eigenvalue weighted by Gasteiger charge is 2.27. The van der Waals surface area contributed by atoms with Gasteiger partial charge in [-0.1, -0.05) is 42.5 Å². The molecule has 0 spiro atoms. The number of nitrogens with zero attached hydrogens (tertiary/aromatic N) is 1. The van der Waals surface area contributed by atoms with Gasteiger partial charge in [0.2, 0.25) is 6.10 Å². The molecule has 2 N–H and O–H groups in total. The molecule has 26 heavy (non-hydrogen) atoms. The molecule has 0 radical (unpaired) electrons. The van der Waals surface area contributed by atoms with Gasteiger partial charge in [-0.2, -0.15) is 5.10 Å². The number of carbonyl (C=O) groups is 1. The number of phenols is 1. The zero-order chi connectivity index (χ0) is 17.9. The molecule has 0 saturated carbocycles. The van der Waals surface area contributed by atoms with Gasteiger partial charge in [0.15, 0.2) is 11.5 Å². The molecule has 3 aromatic rings. The van der Waals surface area contributed by atoms with Crippen LogP contribution in [0.3, 0.4) is 0 Å². The molecule has 0 unspecified atom stereocenters. The summed E-state index contributed by atoms with van der Waals surface area (Å²) in [5.74, 6) is 0.804. The van der Waals surface area contributed by atoms with Gasteiger partial charge in [-0.05, 0) is 29.0 Å². The Bertz CT molecular complexity index is 1000. The number of hydrazone groups is 1. The van der Waals surface area contributed by atoms with Gasteiger partial charge >= 0.3 is 0 Å². The van der Waals surface area contributed by atoms with Crippen molar-refractivity contribution in [1.29, 1.82) is 0 Å². The lowest BCUT2D eigenvalue weighted by Gasteiger charge is -2.24. The Kier molecular flexibility index (Phi) is 4.15. The number of rotatable bonds is 3. The standard InChI is InChI=1S/C20H16N2O4/c23-16-10-9-13-5-1-2-6-14(13)15(16)11-21-22-20(24)19-12-25-17-7-3-4-8-18(17)26-19/h1-11,19,23H,12H2,(H,22,24)/b21-11+/t19-/m1/s1. The van der Waals surface area contributed by atoms with Gasteiger partial charge in [0.25, 0.3) is 5.91 Å². The van der Waals surface area contributed by atoms with Gasteiger partial charge in [-0.15, -0.1) is 0 Å². The van der Waals surface area contributed by atoms with E-state index in [-0.39, 0.29) is 12.4 Å².